The average molecular weight is 474 g/mol. The Morgan fingerprint density at radius 1 is 0.938 bits per heavy atom. The number of sulfone groups is 1. The van der Waals surface area contributed by atoms with Gasteiger partial charge in [0.15, 0.2) is 15.3 Å². The van der Waals surface area contributed by atoms with Gasteiger partial charge in [-0.3, -0.25) is 4.79 Å². The molecular weight excluding hydrogens is 452 g/mol. The van der Waals surface area contributed by atoms with Crippen LogP contribution in [0.1, 0.15) is 26.3 Å². The van der Waals surface area contributed by atoms with E-state index in [0.29, 0.717) is 15.3 Å². The van der Waals surface area contributed by atoms with Crippen LogP contribution in [0.3, 0.4) is 0 Å². The van der Waals surface area contributed by atoms with E-state index in [4.69, 9.17) is 0 Å². The first kappa shape index (κ1) is 22.4. The van der Waals surface area contributed by atoms with E-state index in [9.17, 15) is 22.0 Å². The molecule has 0 atom stereocenters. The number of halogens is 2. The van der Waals surface area contributed by atoms with Crippen LogP contribution >= 0.6 is 11.3 Å². The fourth-order valence-corrected chi connectivity index (χ4v) is 6.60. The zero-order valence-corrected chi connectivity index (χ0v) is 19.4. The Morgan fingerprint density at radius 3 is 2.16 bits per heavy atom. The Labute approximate surface area is 188 Å². The predicted octanol–water partition coefficient (Wildman–Crippen LogP) is 5.63. The molecule has 0 aliphatic carbocycles. The van der Waals surface area contributed by atoms with Crippen molar-refractivity contribution in [2.24, 2.45) is 0 Å². The standard InChI is InChI=1S/C24H21F2NO3S2/c1-24(2,3)32(29,30)22-20-19(28)12-13-27(14-16-17(25)10-7-11-18(16)26)23(20)31-21(22)15-8-5-4-6-9-15/h4-13H,14H2,1-3H3. The second-order valence-electron chi connectivity index (χ2n) is 8.43. The molecule has 0 amide bonds. The van der Waals surface area contributed by atoms with Crippen molar-refractivity contribution in [1.29, 1.82) is 0 Å². The third-order valence-corrected chi connectivity index (χ3v) is 9.22. The van der Waals surface area contributed by atoms with Gasteiger partial charge >= 0.3 is 0 Å². The van der Waals surface area contributed by atoms with Crippen LogP contribution < -0.4 is 5.43 Å². The Bertz CT molecular complexity index is 1460. The molecule has 4 rings (SSSR count). The maximum atomic E-state index is 14.3. The van der Waals surface area contributed by atoms with Crippen molar-refractivity contribution in [3.63, 3.8) is 0 Å². The van der Waals surface area contributed by atoms with E-state index in [-0.39, 0.29) is 22.4 Å². The normalized spacial score (nSPS) is 12.4. The molecule has 8 heteroatoms. The number of benzene rings is 2. The molecule has 0 bridgehead atoms. The molecule has 2 aromatic carbocycles. The molecule has 0 saturated heterocycles. The second-order valence-corrected chi connectivity index (χ2v) is 12.1. The number of hydrogen-bond acceptors (Lipinski definition) is 4. The Balaban J connectivity index is 2.08. The third-order valence-electron chi connectivity index (χ3n) is 5.26. The SMILES string of the molecule is CC(C)(C)S(=O)(=O)c1c(-c2ccccc2)sc2c1c(=O)ccn2Cc1c(F)cccc1F. The first-order valence-corrected chi connectivity index (χ1v) is 12.2. The summed E-state index contributed by atoms with van der Waals surface area (Å²) in [6, 6.07) is 13.8. The molecular formula is C24H21F2NO3S2. The summed E-state index contributed by atoms with van der Waals surface area (Å²) in [6.07, 6.45) is 1.44. The first-order valence-electron chi connectivity index (χ1n) is 9.91. The molecule has 166 valence electrons. The molecule has 2 heterocycles. The van der Waals surface area contributed by atoms with Crippen LogP contribution in [0.2, 0.25) is 0 Å². The van der Waals surface area contributed by atoms with E-state index in [1.54, 1.807) is 45.0 Å². The van der Waals surface area contributed by atoms with E-state index in [1.807, 2.05) is 6.07 Å². The van der Waals surface area contributed by atoms with Crippen LogP contribution in [-0.2, 0) is 16.4 Å². The van der Waals surface area contributed by atoms with Crippen LogP contribution in [0.15, 0.2) is 70.5 Å². The predicted molar refractivity (Wildman–Crippen MR) is 124 cm³/mol. The minimum absolute atomic E-state index is 0.0374. The lowest BCUT2D eigenvalue weighted by Crippen LogP contribution is -2.29. The van der Waals surface area contributed by atoms with Gasteiger partial charge in [0, 0.05) is 17.8 Å². The molecule has 0 fully saturated rings. The molecule has 2 aromatic heterocycles. The van der Waals surface area contributed by atoms with Crippen LogP contribution in [0.4, 0.5) is 8.78 Å². The molecule has 0 aliphatic heterocycles. The quantitative estimate of drug-likeness (QED) is 0.386. The number of fused-ring (bicyclic) bond motifs is 1. The summed E-state index contributed by atoms with van der Waals surface area (Å²) in [5.74, 6) is -1.42. The van der Waals surface area contributed by atoms with Crippen LogP contribution in [0, 0.1) is 11.6 Å². The molecule has 32 heavy (non-hydrogen) atoms. The van der Waals surface area contributed by atoms with Crippen molar-refractivity contribution < 1.29 is 17.2 Å². The minimum atomic E-state index is -3.92. The number of pyridine rings is 1. The monoisotopic (exact) mass is 473 g/mol. The van der Waals surface area contributed by atoms with Gasteiger partial charge in [0.25, 0.3) is 0 Å². The van der Waals surface area contributed by atoms with Gasteiger partial charge in [0.05, 0.1) is 26.5 Å². The molecule has 0 radical (unpaired) electrons. The lowest BCUT2D eigenvalue weighted by molar-refractivity contribution is 0.546. The smallest absolute Gasteiger partial charge is 0.191 e. The largest absolute Gasteiger partial charge is 0.334 e. The molecule has 0 aliphatic rings. The van der Waals surface area contributed by atoms with E-state index in [1.165, 1.54) is 22.9 Å². The maximum absolute atomic E-state index is 14.3. The van der Waals surface area contributed by atoms with Gasteiger partial charge < -0.3 is 4.57 Å². The fourth-order valence-electron chi connectivity index (χ4n) is 3.45. The highest BCUT2D eigenvalue weighted by molar-refractivity contribution is 7.93. The lowest BCUT2D eigenvalue weighted by atomic mass is 10.1. The first-order chi connectivity index (χ1) is 15.0. The summed E-state index contributed by atoms with van der Waals surface area (Å²) in [5, 5.41) is 0.0445. The van der Waals surface area contributed by atoms with Crippen molar-refractivity contribution in [2.45, 2.75) is 37.0 Å². The summed E-state index contributed by atoms with van der Waals surface area (Å²) in [4.78, 5) is 13.7. The molecule has 0 spiro atoms. The van der Waals surface area contributed by atoms with Crippen molar-refractivity contribution in [2.75, 3.05) is 0 Å². The zero-order chi connectivity index (χ0) is 23.3. The van der Waals surface area contributed by atoms with Crippen molar-refractivity contribution in [3.8, 4) is 10.4 Å². The van der Waals surface area contributed by atoms with E-state index < -0.39 is 31.6 Å². The van der Waals surface area contributed by atoms with Gasteiger partial charge in [-0.1, -0.05) is 36.4 Å². The summed E-state index contributed by atoms with van der Waals surface area (Å²) >= 11 is 1.13. The molecule has 0 unspecified atom stereocenters. The summed E-state index contributed by atoms with van der Waals surface area (Å²) in [7, 11) is -3.92. The Morgan fingerprint density at radius 2 is 1.56 bits per heavy atom. The van der Waals surface area contributed by atoms with Crippen LogP contribution in [-0.4, -0.2) is 17.7 Å². The van der Waals surface area contributed by atoms with Gasteiger partial charge in [-0.15, -0.1) is 11.3 Å². The molecule has 0 N–H and O–H groups in total. The van der Waals surface area contributed by atoms with Crippen LogP contribution in [0.25, 0.3) is 20.7 Å². The number of aromatic nitrogens is 1. The highest BCUT2D eigenvalue weighted by atomic mass is 32.2. The van der Waals surface area contributed by atoms with Gasteiger partial charge in [-0.05, 0) is 38.5 Å². The lowest BCUT2D eigenvalue weighted by Gasteiger charge is -2.20. The molecule has 4 nitrogen and oxygen atoms in total. The highest BCUT2D eigenvalue weighted by Crippen LogP contribution is 2.43. The summed E-state index contributed by atoms with van der Waals surface area (Å²) < 4.78 is 56.2. The third kappa shape index (κ3) is 3.67. The summed E-state index contributed by atoms with van der Waals surface area (Å²) in [6.45, 7) is 4.56. The highest BCUT2D eigenvalue weighted by Gasteiger charge is 2.37. The Kier molecular flexibility index (Phi) is 5.55. The van der Waals surface area contributed by atoms with E-state index in [0.717, 1.165) is 23.5 Å². The minimum Gasteiger partial charge on any atom is -0.334 e. The average Bonchev–Trinajstić information content (AvgIpc) is 3.15. The maximum Gasteiger partial charge on any atom is 0.191 e. The van der Waals surface area contributed by atoms with E-state index >= 15 is 0 Å². The fraction of sp³-hybridized carbons (Fsp3) is 0.208. The topological polar surface area (TPSA) is 56.1 Å². The molecule has 4 aromatic rings. The number of thiophene rings is 1. The number of hydrogen-bond donors (Lipinski definition) is 0. The Hall–Kier alpha value is -2.84. The van der Waals surface area contributed by atoms with Crippen molar-refractivity contribution >= 4 is 31.4 Å². The molecule has 0 saturated carbocycles. The zero-order valence-electron chi connectivity index (χ0n) is 17.7. The number of rotatable bonds is 4. The number of nitrogens with zero attached hydrogens (tertiary/aromatic N) is 1. The van der Waals surface area contributed by atoms with Crippen molar-refractivity contribution in [1.82, 2.24) is 4.57 Å². The van der Waals surface area contributed by atoms with Crippen molar-refractivity contribution in [3.05, 3.63) is 88.2 Å². The van der Waals surface area contributed by atoms with Gasteiger partial charge in [-0.2, -0.15) is 0 Å². The van der Waals surface area contributed by atoms with Gasteiger partial charge in [-0.25, -0.2) is 17.2 Å². The second kappa shape index (κ2) is 7.94. The van der Waals surface area contributed by atoms with E-state index in [2.05, 4.69) is 0 Å². The van der Waals surface area contributed by atoms with Gasteiger partial charge in [0.2, 0.25) is 0 Å². The van der Waals surface area contributed by atoms with Crippen LogP contribution in [0.5, 0.6) is 0 Å². The van der Waals surface area contributed by atoms with Gasteiger partial charge in [0.1, 0.15) is 16.5 Å². The summed E-state index contributed by atoms with van der Waals surface area (Å²) in [5.41, 5.74) is 0.0402.